The monoisotopic (exact) mass is 452 g/mol. The van der Waals surface area contributed by atoms with Crippen LogP contribution in [0.3, 0.4) is 0 Å². The number of nitrogens with zero attached hydrogens (tertiary/aromatic N) is 5. The molecule has 4 rings (SSSR count). The molecule has 9 heteroatoms. The first-order chi connectivity index (χ1) is 15.0. The maximum absolute atomic E-state index is 12.0. The second kappa shape index (κ2) is 9.16. The lowest BCUT2D eigenvalue weighted by Crippen LogP contribution is -2.23. The second-order valence-electron chi connectivity index (χ2n) is 6.84. The Morgan fingerprint density at radius 2 is 1.68 bits per heavy atom. The van der Waals surface area contributed by atoms with E-state index in [0.29, 0.717) is 40.2 Å². The van der Waals surface area contributed by atoms with Gasteiger partial charge in [-0.15, -0.1) is 5.10 Å². The molecule has 0 aliphatic rings. The maximum atomic E-state index is 12.0. The zero-order valence-corrected chi connectivity index (χ0v) is 17.8. The third kappa shape index (κ3) is 5.02. The summed E-state index contributed by atoms with van der Waals surface area (Å²) in [6, 6.07) is 18.1. The predicted molar refractivity (Wildman–Crippen MR) is 121 cm³/mol. The van der Waals surface area contributed by atoms with Crippen molar-refractivity contribution in [2.45, 2.75) is 13.1 Å². The number of carbonyl (C=O) groups is 1. The highest BCUT2D eigenvalue weighted by Crippen LogP contribution is 2.29. The Kier molecular flexibility index (Phi) is 6.16. The number of aromatic nitrogens is 4. The van der Waals surface area contributed by atoms with Crippen LogP contribution in [0.1, 0.15) is 21.6 Å². The molecule has 4 aromatic rings. The molecule has 0 saturated carbocycles. The largest absolute Gasteiger partial charge is 0.365 e. The summed E-state index contributed by atoms with van der Waals surface area (Å²) in [6.07, 6.45) is 3.46. The smallest absolute Gasteiger partial charge is 0.252 e. The highest BCUT2D eigenvalue weighted by Gasteiger charge is 2.19. The van der Waals surface area contributed by atoms with Crippen molar-refractivity contribution in [2.24, 2.45) is 5.73 Å². The molecule has 0 aliphatic heterocycles. The van der Waals surface area contributed by atoms with Crippen LogP contribution in [0.25, 0.3) is 0 Å². The molecular weight excluding hydrogens is 435 g/mol. The quantitative estimate of drug-likeness (QED) is 0.446. The SMILES string of the molecule is NC(=O)c1cccnc1N(Cc1cn(Cc2ccc(Cl)cc2)nn1)c1ccc(Cl)cc1. The fourth-order valence-corrected chi connectivity index (χ4v) is 3.39. The molecule has 0 fully saturated rings. The molecule has 0 bridgehead atoms. The van der Waals surface area contributed by atoms with Gasteiger partial charge in [0.25, 0.3) is 5.91 Å². The molecule has 2 heterocycles. The van der Waals surface area contributed by atoms with Crippen LogP contribution in [0, 0.1) is 0 Å². The maximum Gasteiger partial charge on any atom is 0.252 e. The summed E-state index contributed by atoms with van der Waals surface area (Å²) >= 11 is 12.0. The second-order valence-corrected chi connectivity index (χ2v) is 7.71. The zero-order valence-electron chi connectivity index (χ0n) is 16.3. The Morgan fingerprint density at radius 3 is 2.35 bits per heavy atom. The number of nitrogens with two attached hydrogens (primary N) is 1. The van der Waals surface area contributed by atoms with Gasteiger partial charge in [0.15, 0.2) is 0 Å². The lowest BCUT2D eigenvalue weighted by Gasteiger charge is -2.24. The summed E-state index contributed by atoms with van der Waals surface area (Å²) in [4.78, 5) is 18.2. The summed E-state index contributed by atoms with van der Waals surface area (Å²) in [7, 11) is 0. The number of anilines is 2. The molecule has 2 N–H and O–H groups in total. The van der Waals surface area contributed by atoms with Crippen molar-refractivity contribution in [3.8, 4) is 0 Å². The lowest BCUT2D eigenvalue weighted by atomic mass is 10.2. The van der Waals surface area contributed by atoms with Gasteiger partial charge >= 0.3 is 0 Å². The van der Waals surface area contributed by atoms with Gasteiger partial charge in [-0.3, -0.25) is 4.79 Å². The fourth-order valence-electron chi connectivity index (χ4n) is 3.14. The van der Waals surface area contributed by atoms with Gasteiger partial charge in [-0.1, -0.05) is 40.5 Å². The van der Waals surface area contributed by atoms with Gasteiger partial charge in [0.1, 0.15) is 11.5 Å². The minimum Gasteiger partial charge on any atom is -0.365 e. The topological polar surface area (TPSA) is 89.9 Å². The molecule has 2 aromatic carbocycles. The molecule has 0 atom stereocenters. The Morgan fingerprint density at radius 1 is 1.00 bits per heavy atom. The normalized spacial score (nSPS) is 10.8. The van der Waals surface area contributed by atoms with E-state index < -0.39 is 5.91 Å². The molecule has 7 nitrogen and oxygen atoms in total. The van der Waals surface area contributed by atoms with Crippen molar-refractivity contribution >= 4 is 40.6 Å². The Labute approximate surface area is 189 Å². The van der Waals surface area contributed by atoms with Gasteiger partial charge < -0.3 is 10.6 Å². The molecule has 0 radical (unpaired) electrons. The standard InChI is InChI=1S/C22H18Cl2N6O/c23-16-5-3-15(4-6-16)12-29-13-18(27-28-29)14-30(19-9-7-17(24)8-10-19)22-20(21(25)31)2-1-11-26-22/h1-11,13H,12,14H2,(H2,25,31). The molecule has 0 spiro atoms. The van der Waals surface area contributed by atoms with Gasteiger partial charge in [0, 0.05) is 21.9 Å². The lowest BCUT2D eigenvalue weighted by molar-refractivity contribution is 0.100. The number of primary amides is 1. The average molecular weight is 453 g/mol. The number of pyridine rings is 1. The van der Waals surface area contributed by atoms with Gasteiger partial charge in [0.05, 0.1) is 24.8 Å². The Hall–Kier alpha value is -3.42. The Bertz CT molecular complexity index is 1190. The summed E-state index contributed by atoms with van der Waals surface area (Å²) in [5.74, 6) is -0.127. The summed E-state index contributed by atoms with van der Waals surface area (Å²) < 4.78 is 1.74. The van der Waals surface area contributed by atoms with Crippen molar-refractivity contribution in [3.05, 3.63) is 99.9 Å². The van der Waals surface area contributed by atoms with E-state index in [1.54, 1.807) is 35.1 Å². The van der Waals surface area contributed by atoms with E-state index in [9.17, 15) is 4.79 Å². The van der Waals surface area contributed by atoms with E-state index in [4.69, 9.17) is 28.9 Å². The van der Waals surface area contributed by atoms with Crippen LogP contribution in [-0.4, -0.2) is 25.9 Å². The van der Waals surface area contributed by atoms with E-state index in [1.165, 1.54) is 0 Å². The molecule has 31 heavy (non-hydrogen) atoms. The highest BCUT2D eigenvalue weighted by molar-refractivity contribution is 6.30. The van der Waals surface area contributed by atoms with Gasteiger partial charge in [0.2, 0.25) is 0 Å². The van der Waals surface area contributed by atoms with Crippen LogP contribution in [0.15, 0.2) is 73.1 Å². The predicted octanol–water partition coefficient (Wildman–Crippen LogP) is 4.47. The summed E-state index contributed by atoms with van der Waals surface area (Å²) in [5, 5.41) is 9.80. The zero-order chi connectivity index (χ0) is 21.8. The third-order valence-corrected chi connectivity index (χ3v) is 5.11. The number of carbonyl (C=O) groups excluding carboxylic acids is 1. The number of halogens is 2. The molecule has 2 aromatic heterocycles. The van der Waals surface area contributed by atoms with E-state index in [2.05, 4.69) is 15.3 Å². The van der Waals surface area contributed by atoms with Crippen molar-refractivity contribution in [3.63, 3.8) is 0 Å². The molecule has 1 amide bonds. The number of amides is 1. The van der Waals surface area contributed by atoms with Gasteiger partial charge in [-0.2, -0.15) is 0 Å². The first-order valence-corrected chi connectivity index (χ1v) is 10.2. The summed E-state index contributed by atoms with van der Waals surface area (Å²) in [5.41, 5.74) is 8.43. The number of rotatable bonds is 7. The number of hydrogen-bond donors (Lipinski definition) is 1. The van der Waals surface area contributed by atoms with Crippen molar-refractivity contribution in [1.82, 2.24) is 20.0 Å². The van der Waals surface area contributed by atoms with Crippen molar-refractivity contribution in [1.29, 1.82) is 0 Å². The van der Waals surface area contributed by atoms with Gasteiger partial charge in [-0.25, -0.2) is 9.67 Å². The summed E-state index contributed by atoms with van der Waals surface area (Å²) in [6.45, 7) is 0.890. The highest BCUT2D eigenvalue weighted by atomic mass is 35.5. The van der Waals surface area contributed by atoms with Crippen LogP contribution in [0.4, 0.5) is 11.5 Å². The molecular formula is C22H18Cl2N6O. The molecule has 156 valence electrons. The minimum absolute atomic E-state index is 0.311. The first kappa shape index (κ1) is 20.8. The minimum atomic E-state index is -0.562. The molecule has 0 aliphatic carbocycles. The van der Waals surface area contributed by atoms with E-state index in [1.807, 2.05) is 47.5 Å². The van der Waals surface area contributed by atoms with Crippen LogP contribution >= 0.6 is 23.2 Å². The number of hydrogen-bond acceptors (Lipinski definition) is 5. The van der Waals surface area contributed by atoms with E-state index >= 15 is 0 Å². The van der Waals surface area contributed by atoms with E-state index in [0.717, 1.165) is 11.3 Å². The first-order valence-electron chi connectivity index (χ1n) is 9.41. The van der Waals surface area contributed by atoms with Crippen molar-refractivity contribution in [2.75, 3.05) is 4.90 Å². The third-order valence-electron chi connectivity index (χ3n) is 4.61. The van der Waals surface area contributed by atoms with Gasteiger partial charge in [-0.05, 0) is 54.1 Å². The molecule has 0 unspecified atom stereocenters. The Balaban J connectivity index is 1.64. The van der Waals surface area contributed by atoms with Crippen LogP contribution in [0.2, 0.25) is 10.0 Å². The molecule has 0 saturated heterocycles. The average Bonchev–Trinajstić information content (AvgIpc) is 3.21. The fraction of sp³-hybridized carbons (Fsp3) is 0.0909. The van der Waals surface area contributed by atoms with Crippen LogP contribution in [-0.2, 0) is 13.1 Å². The van der Waals surface area contributed by atoms with Crippen LogP contribution < -0.4 is 10.6 Å². The van der Waals surface area contributed by atoms with E-state index in [-0.39, 0.29) is 0 Å². The van der Waals surface area contributed by atoms with Crippen LogP contribution in [0.5, 0.6) is 0 Å². The van der Waals surface area contributed by atoms with Crippen molar-refractivity contribution < 1.29 is 4.79 Å². The number of benzene rings is 2.